The highest BCUT2D eigenvalue weighted by molar-refractivity contribution is 5.81. The molecule has 2 nitrogen and oxygen atoms in total. The Kier molecular flexibility index (Phi) is 8.07. The molecule has 0 fully saturated rings. The van der Waals surface area contributed by atoms with Gasteiger partial charge in [-0.25, -0.2) is 4.79 Å². The van der Waals surface area contributed by atoms with Gasteiger partial charge in [0.2, 0.25) is 0 Å². The summed E-state index contributed by atoms with van der Waals surface area (Å²) in [4.78, 5) is 10.6. The van der Waals surface area contributed by atoms with Gasteiger partial charge in [-0.3, -0.25) is 0 Å². The van der Waals surface area contributed by atoms with E-state index in [9.17, 15) is 4.79 Å². The molecule has 1 unspecified atom stereocenters. The quantitative estimate of drug-likeness (QED) is 0.394. The van der Waals surface area contributed by atoms with Crippen LogP contribution in [0.5, 0.6) is 0 Å². The zero-order chi connectivity index (χ0) is 20.8. The van der Waals surface area contributed by atoms with Crippen molar-refractivity contribution in [3.63, 3.8) is 0 Å². The Labute approximate surface area is 166 Å². The van der Waals surface area contributed by atoms with E-state index in [1.54, 1.807) is 6.92 Å². The van der Waals surface area contributed by atoms with Crippen LogP contribution >= 0.6 is 0 Å². The number of carboxylic acid groups (broad SMARTS) is 1. The largest absolute Gasteiger partial charge is 0.478 e. The summed E-state index contributed by atoms with van der Waals surface area (Å²) < 4.78 is 0. The molecule has 0 bridgehead atoms. The molecule has 0 aromatic heterocycles. The van der Waals surface area contributed by atoms with Gasteiger partial charge in [0.1, 0.15) is 0 Å². The molecule has 0 heterocycles. The summed E-state index contributed by atoms with van der Waals surface area (Å²) in [6.45, 7) is 17.9. The molecule has 1 aliphatic rings. The molecule has 0 aliphatic heterocycles. The van der Waals surface area contributed by atoms with Gasteiger partial charge in [-0.2, -0.15) is 0 Å². The van der Waals surface area contributed by atoms with Crippen molar-refractivity contribution in [2.45, 2.75) is 74.7 Å². The summed E-state index contributed by atoms with van der Waals surface area (Å²) in [6.07, 6.45) is 15.1. The molecule has 0 amide bonds. The minimum atomic E-state index is -0.913. The van der Waals surface area contributed by atoms with Crippen LogP contribution in [0.4, 0.5) is 0 Å². The maximum atomic E-state index is 10.6. The van der Waals surface area contributed by atoms with Crippen molar-refractivity contribution in [1.29, 1.82) is 0 Å². The molecule has 150 valence electrons. The Bertz CT molecular complexity index is 688. The van der Waals surface area contributed by atoms with E-state index in [0.717, 1.165) is 17.1 Å². The number of hydrogen-bond donors (Lipinski definition) is 1. The smallest absolute Gasteiger partial charge is 0.328 e. The SMILES string of the molecule is CC(C=CC1=C(C)CC(CC(C)(C)C)CC1(C)C)=CC=CC(C)=CC(=O)O. The van der Waals surface area contributed by atoms with Gasteiger partial charge in [0.25, 0.3) is 0 Å². The van der Waals surface area contributed by atoms with E-state index in [1.807, 2.05) is 18.2 Å². The lowest BCUT2D eigenvalue weighted by atomic mass is 9.65. The zero-order valence-electron chi connectivity index (χ0n) is 18.5. The van der Waals surface area contributed by atoms with Gasteiger partial charge in [-0.15, -0.1) is 0 Å². The number of carbonyl (C=O) groups is 1. The number of carboxylic acids is 1. The molecule has 0 spiro atoms. The predicted octanol–water partition coefficient (Wildman–Crippen LogP) is 7.26. The van der Waals surface area contributed by atoms with Gasteiger partial charge >= 0.3 is 5.97 Å². The van der Waals surface area contributed by atoms with Crippen molar-refractivity contribution >= 4 is 5.97 Å². The highest BCUT2D eigenvalue weighted by Gasteiger charge is 2.33. The molecule has 27 heavy (non-hydrogen) atoms. The third kappa shape index (κ3) is 8.60. The fourth-order valence-electron chi connectivity index (χ4n) is 4.27. The van der Waals surface area contributed by atoms with E-state index in [-0.39, 0.29) is 5.41 Å². The van der Waals surface area contributed by atoms with Crippen LogP contribution in [0.1, 0.15) is 74.7 Å². The summed E-state index contributed by atoms with van der Waals surface area (Å²) in [5.41, 5.74) is 5.44. The lowest BCUT2D eigenvalue weighted by Gasteiger charge is -2.40. The van der Waals surface area contributed by atoms with Crippen LogP contribution in [0.15, 0.2) is 58.7 Å². The summed E-state index contributed by atoms with van der Waals surface area (Å²) in [7, 11) is 0. The first-order valence-corrected chi connectivity index (χ1v) is 9.95. The van der Waals surface area contributed by atoms with Gasteiger partial charge < -0.3 is 5.11 Å². The fourth-order valence-corrected chi connectivity index (χ4v) is 4.27. The average Bonchev–Trinajstić information content (AvgIpc) is 2.42. The predicted molar refractivity (Wildman–Crippen MR) is 117 cm³/mol. The van der Waals surface area contributed by atoms with Gasteiger partial charge in [0.05, 0.1) is 0 Å². The van der Waals surface area contributed by atoms with Gasteiger partial charge in [0.15, 0.2) is 0 Å². The number of rotatable bonds is 6. The Morgan fingerprint density at radius 3 is 2.33 bits per heavy atom. The molecule has 0 radical (unpaired) electrons. The van der Waals surface area contributed by atoms with Crippen molar-refractivity contribution in [3.05, 3.63) is 58.7 Å². The minimum absolute atomic E-state index is 0.200. The second kappa shape index (κ2) is 9.39. The van der Waals surface area contributed by atoms with E-state index in [1.165, 1.54) is 36.5 Å². The Morgan fingerprint density at radius 2 is 1.81 bits per heavy atom. The first-order valence-electron chi connectivity index (χ1n) is 9.95. The van der Waals surface area contributed by atoms with Crippen molar-refractivity contribution in [1.82, 2.24) is 0 Å². The van der Waals surface area contributed by atoms with Crippen molar-refractivity contribution in [2.24, 2.45) is 16.7 Å². The lowest BCUT2D eigenvalue weighted by molar-refractivity contribution is -0.131. The molecule has 0 aromatic carbocycles. The first-order chi connectivity index (χ1) is 12.3. The highest BCUT2D eigenvalue weighted by Crippen LogP contribution is 2.46. The van der Waals surface area contributed by atoms with Crippen LogP contribution in [-0.2, 0) is 4.79 Å². The number of hydrogen-bond acceptors (Lipinski definition) is 1. The minimum Gasteiger partial charge on any atom is -0.478 e. The highest BCUT2D eigenvalue weighted by atomic mass is 16.4. The zero-order valence-corrected chi connectivity index (χ0v) is 18.5. The summed E-state index contributed by atoms with van der Waals surface area (Å²) in [5.74, 6) is -0.148. The Hall–Kier alpha value is -1.83. The van der Waals surface area contributed by atoms with E-state index in [2.05, 4.69) is 60.6 Å². The molecular formula is C25H38O2. The van der Waals surface area contributed by atoms with Crippen LogP contribution in [0.3, 0.4) is 0 Å². The number of allylic oxidation sites excluding steroid dienone is 9. The topological polar surface area (TPSA) is 37.3 Å². The third-order valence-corrected chi connectivity index (χ3v) is 5.07. The number of aliphatic carboxylic acids is 1. The van der Waals surface area contributed by atoms with E-state index in [4.69, 9.17) is 5.11 Å². The first kappa shape index (κ1) is 23.2. The fraction of sp³-hybridized carbons (Fsp3) is 0.560. The molecule has 1 N–H and O–H groups in total. The molecule has 0 saturated carbocycles. The molecular weight excluding hydrogens is 332 g/mol. The van der Waals surface area contributed by atoms with Crippen LogP contribution in [0, 0.1) is 16.7 Å². The van der Waals surface area contributed by atoms with Crippen LogP contribution in [-0.4, -0.2) is 11.1 Å². The van der Waals surface area contributed by atoms with E-state index >= 15 is 0 Å². The standard InChI is InChI=1S/C25H38O2/c1-18(10-9-11-19(2)14-23(26)27)12-13-22-20(3)15-21(16-24(4,5)6)17-25(22,7)8/h9-14,21H,15-17H2,1-8H3,(H,26,27). The van der Waals surface area contributed by atoms with Crippen LogP contribution < -0.4 is 0 Å². The van der Waals surface area contributed by atoms with Crippen molar-refractivity contribution in [3.8, 4) is 0 Å². The second-order valence-electron chi connectivity index (χ2n) is 9.95. The van der Waals surface area contributed by atoms with Gasteiger partial charge in [-0.1, -0.05) is 76.1 Å². The lowest BCUT2D eigenvalue weighted by Crippen LogP contribution is -2.27. The molecule has 1 aliphatic carbocycles. The summed E-state index contributed by atoms with van der Waals surface area (Å²) in [6, 6.07) is 0. The van der Waals surface area contributed by atoms with Gasteiger partial charge in [-0.05, 0) is 67.9 Å². The Balaban J connectivity index is 2.89. The summed E-state index contributed by atoms with van der Waals surface area (Å²) >= 11 is 0. The van der Waals surface area contributed by atoms with Gasteiger partial charge in [0, 0.05) is 6.08 Å². The second-order valence-corrected chi connectivity index (χ2v) is 9.95. The van der Waals surface area contributed by atoms with Crippen molar-refractivity contribution in [2.75, 3.05) is 0 Å². The maximum Gasteiger partial charge on any atom is 0.328 e. The monoisotopic (exact) mass is 370 g/mol. The van der Waals surface area contributed by atoms with Crippen LogP contribution in [0.25, 0.3) is 0 Å². The molecule has 0 saturated heterocycles. The van der Waals surface area contributed by atoms with E-state index in [0.29, 0.717) is 5.41 Å². The average molecular weight is 371 g/mol. The molecule has 2 heteroatoms. The van der Waals surface area contributed by atoms with Crippen molar-refractivity contribution < 1.29 is 9.90 Å². The summed E-state index contributed by atoms with van der Waals surface area (Å²) in [5, 5.41) is 8.73. The third-order valence-electron chi connectivity index (χ3n) is 5.07. The normalized spacial score (nSPS) is 22.1. The van der Waals surface area contributed by atoms with Crippen LogP contribution in [0.2, 0.25) is 0 Å². The van der Waals surface area contributed by atoms with E-state index < -0.39 is 5.97 Å². The molecule has 1 rings (SSSR count). The Morgan fingerprint density at radius 1 is 1.19 bits per heavy atom. The molecule has 1 atom stereocenters. The molecule has 0 aromatic rings. The maximum absolute atomic E-state index is 10.6.